The van der Waals surface area contributed by atoms with Crippen LogP contribution in [0.3, 0.4) is 0 Å². The summed E-state index contributed by atoms with van der Waals surface area (Å²) in [6.07, 6.45) is 2.36. The minimum atomic E-state index is -0.936. The quantitative estimate of drug-likeness (QED) is 0.795. The van der Waals surface area contributed by atoms with Crippen LogP contribution in [0.1, 0.15) is 30.1 Å². The Hall–Kier alpha value is -1.75. The summed E-state index contributed by atoms with van der Waals surface area (Å²) in [5.41, 5.74) is 7.60. The first-order valence-corrected chi connectivity index (χ1v) is 6.61. The fraction of sp³-hybridized carbons (Fsp3) is 0.500. The minimum absolute atomic E-state index is 0.216. The third-order valence-corrected chi connectivity index (χ3v) is 3.45. The molecule has 104 valence electrons. The van der Waals surface area contributed by atoms with Crippen molar-refractivity contribution in [1.82, 2.24) is 0 Å². The Morgan fingerprint density at radius 1 is 1.58 bits per heavy atom. The van der Waals surface area contributed by atoms with Gasteiger partial charge in [0, 0.05) is 19.7 Å². The monoisotopic (exact) mass is 264 g/mol. The molecule has 5 nitrogen and oxygen atoms in total. The van der Waals surface area contributed by atoms with Crippen LogP contribution in [0.4, 0.5) is 11.4 Å². The first-order valence-electron chi connectivity index (χ1n) is 6.61. The summed E-state index contributed by atoms with van der Waals surface area (Å²) in [7, 11) is 0. The summed E-state index contributed by atoms with van der Waals surface area (Å²) in [6.45, 7) is 4.37. The maximum absolute atomic E-state index is 11.0. The number of rotatable bonds is 5. The summed E-state index contributed by atoms with van der Waals surface area (Å²) >= 11 is 0. The Balaban J connectivity index is 2.20. The number of nitrogens with two attached hydrogens (primary N) is 1. The van der Waals surface area contributed by atoms with Crippen molar-refractivity contribution in [3.63, 3.8) is 0 Å². The van der Waals surface area contributed by atoms with Crippen LogP contribution >= 0.6 is 0 Å². The van der Waals surface area contributed by atoms with Crippen LogP contribution in [0.15, 0.2) is 18.2 Å². The largest absolute Gasteiger partial charge is 0.478 e. The van der Waals surface area contributed by atoms with Crippen molar-refractivity contribution in [3.8, 4) is 0 Å². The van der Waals surface area contributed by atoms with Crippen LogP contribution in [0.5, 0.6) is 0 Å². The van der Waals surface area contributed by atoms with Gasteiger partial charge < -0.3 is 20.5 Å². The van der Waals surface area contributed by atoms with E-state index in [1.54, 1.807) is 12.1 Å². The maximum Gasteiger partial charge on any atom is 0.335 e. The van der Waals surface area contributed by atoms with Gasteiger partial charge in [-0.2, -0.15) is 0 Å². The molecule has 5 heteroatoms. The fourth-order valence-electron chi connectivity index (χ4n) is 2.38. The summed E-state index contributed by atoms with van der Waals surface area (Å²) in [4.78, 5) is 13.1. The Morgan fingerprint density at radius 3 is 2.95 bits per heavy atom. The SMILES string of the molecule is CCN(CC1CCCO1)c1cc(C(=O)O)ccc1N. The molecular formula is C14H20N2O3. The van der Waals surface area contributed by atoms with E-state index in [9.17, 15) is 4.79 Å². The fourth-order valence-corrected chi connectivity index (χ4v) is 2.38. The number of nitrogen functional groups attached to an aromatic ring is 1. The van der Waals surface area contributed by atoms with Crippen molar-refractivity contribution in [1.29, 1.82) is 0 Å². The lowest BCUT2D eigenvalue weighted by molar-refractivity contribution is 0.0697. The van der Waals surface area contributed by atoms with Gasteiger partial charge in [0.25, 0.3) is 0 Å². The van der Waals surface area contributed by atoms with E-state index in [0.717, 1.165) is 38.2 Å². The molecule has 1 saturated heterocycles. The van der Waals surface area contributed by atoms with Gasteiger partial charge >= 0.3 is 5.97 Å². The molecule has 1 unspecified atom stereocenters. The Kier molecular flexibility index (Phi) is 4.27. The molecule has 1 aromatic carbocycles. The summed E-state index contributed by atoms with van der Waals surface area (Å²) < 4.78 is 5.63. The molecule has 3 N–H and O–H groups in total. The molecule has 0 aliphatic carbocycles. The van der Waals surface area contributed by atoms with E-state index in [1.807, 2.05) is 6.92 Å². The zero-order valence-corrected chi connectivity index (χ0v) is 11.1. The zero-order valence-electron chi connectivity index (χ0n) is 11.1. The number of carbonyl (C=O) groups is 1. The Labute approximate surface area is 113 Å². The number of hydrogen-bond acceptors (Lipinski definition) is 4. The topological polar surface area (TPSA) is 75.8 Å². The van der Waals surface area contributed by atoms with Gasteiger partial charge in [-0.05, 0) is 38.0 Å². The van der Waals surface area contributed by atoms with E-state index in [-0.39, 0.29) is 11.7 Å². The number of hydrogen-bond donors (Lipinski definition) is 2. The predicted octanol–water partition coefficient (Wildman–Crippen LogP) is 1.97. The third kappa shape index (κ3) is 3.17. The molecule has 2 rings (SSSR count). The number of aromatic carboxylic acids is 1. The molecule has 0 amide bonds. The molecule has 0 saturated carbocycles. The van der Waals surface area contributed by atoms with Gasteiger partial charge in [-0.1, -0.05) is 0 Å². The van der Waals surface area contributed by atoms with Crippen LogP contribution in [-0.2, 0) is 4.74 Å². The normalized spacial score (nSPS) is 18.5. The number of carboxylic acid groups (broad SMARTS) is 1. The smallest absolute Gasteiger partial charge is 0.335 e. The van der Waals surface area contributed by atoms with Crippen LogP contribution in [0, 0.1) is 0 Å². The van der Waals surface area contributed by atoms with E-state index in [4.69, 9.17) is 15.6 Å². The lowest BCUT2D eigenvalue weighted by Gasteiger charge is -2.27. The molecule has 1 aliphatic rings. The van der Waals surface area contributed by atoms with Crippen LogP contribution in [0.25, 0.3) is 0 Å². The summed E-state index contributed by atoms with van der Waals surface area (Å²) in [5.74, 6) is -0.936. The zero-order chi connectivity index (χ0) is 13.8. The number of ether oxygens (including phenoxy) is 1. The van der Waals surface area contributed by atoms with Crippen molar-refractivity contribution in [3.05, 3.63) is 23.8 Å². The first-order chi connectivity index (χ1) is 9.11. The highest BCUT2D eigenvalue weighted by Crippen LogP contribution is 2.26. The predicted molar refractivity (Wildman–Crippen MR) is 74.7 cm³/mol. The van der Waals surface area contributed by atoms with E-state index < -0.39 is 5.97 Å². The second kappa shape index (κ2) is 5.93. The van der Waals surface area contributed by atoms with Gasteiger partial charge in [0.15, 0.2) is 0 Å². The molecular weight excluding hydrogens is 244 g/mol. The standard InChI is InChI=1S/C14H20N2O3/c1-2-16(9-11-4-3-7-19-11)13-8-10(14(17)18)5-6-12(13)15/h5-6,8,11H,2-4,7,9,15H2,1H3,(H,17,18). The van der Waals surface area contributed by atoms with Crippen LogP contribution in [-0.4, -0.2) is 36.9 Å². The van der Waals surface area contributed by atoms with Gasteiger partial charge in [-0.25, -0.2) is 4.79 Å². The second-order valence-electron chi connectivity index (χ2n) is 4.75. The van der Waals surface area contributed by atoms with Gasteiger partial charge in [0.2, 0.25) is 0 Å². The van der Waals surface area contributed by atoms with Crippen molar-refractivity contribution < 1.29 is 14.6 Å². The highest BCUT2D eigenvalue weighted by molar-refractivity contribution is 5.90. The molecule has 1 heterocycles. The minimum Gasteiger partial charge on any atom is -0.478 e. The lowest BCUT2D eigenvalue weighted by atomic mass is 10.1. The van der Waals surface area contributed by atoms with E-state index in [2.05, 4.69) is 4.90 Å². The Morgan fingerprint density at radius 2 is 2.37 bits per heavy atom. The number of anilines is 2. The van der Waals surface area contributed by atoms with Gasteiger partial charge in [-0.15, -0.1) is 0 Å². The van der Waals surface area contributed by atoms with Crippen molar-refractivity contribution in [2.45, 2.75) is 25.9 Å². The van der Waals surface area contributed by atoms with Crippen molar-refractivity contribution in [2.75, 3.05) is 30.3 Å². The van der Waals surface area contributed by atoms with Crippen molar-refractivity contribution in [2.24, 2.45) is 0 Å². The molecule has 1 aliphatic heterocycles. The lowest BCUT2D eigenvalue weighted by Crippen LogP contribution is -2.32. The van der Waals surface area contributed by atoms with Crippen LogP contribution in [0.2, 0.25) is 0 Å². The molecule has 0 spiro atoms. The molecule has 19 heavy (non-hydrogen) atoms. The average Bonchev–Trinajstić information content (AvgIpc) is 2.89. The Bertz CT molecular complexity index is 456. The van der Waals surface area contributed by atoms with E-state index in [0.29, 0.717) is 5.69 Å². The summed E-state index contributed by atoms with van der Waals surface area (Å²) in [5, 5.41) is 9.05. The second-order valence-corrected chi connectivity index (χ2v) is 4.75. The number of carboxylic acids is 1. The maximum atomic E-state index is 11.0. The number of nitrogens with zero attached hydrogens (tertiary/aromatic N) is 1. The summed E-state index contributed by atoms with van der Waals surface area (Å²) in [6, 6.07) is 4.81. The molecule has 0 radical (unpaired) electrons. The number of likely N-dealkylation sites (N-methyl/N-ethyl adjacent to an activating group) is 1. The molecule has 1 atom stereocenters. The van der Waals surface area contributed by atoms with Gasteiger partial charge in [0.1, 0.15) is 0 Å². The van der Waals surface area contributed by atoms with Gasteiger partial charge in [-0.3, -0.25) is 0 Å². The van der Waals surface area contributed by atoms with Gasteiger partial charge in [0.05, 0.1) is 23.0 Å². The third-order valence-electron chi connectivity index (χ3n) is 3.45. The molecule has 0 bridgehead atoms. The van der Waals surface area contributed by atoms with E-state index >= 15 is 0 Å². The first kappa shape index (κ1) is 13.7. The molecule has 0 aromatic heterocycles. The molecule has 1 fully saturated rings. The van der Waals surface area contributed by atoms with Crippen molar-refractivity contribution >= 4 is 17.3 Å². The highest BCUT2D eigenvalue weighted by atomic mass is 16.5. The average molecular weight is 264 g/mol. The van der Waals surface area contributed by atoms with E-state index in [1.165, 1.54) is 6.07 Å². The highest BCUT2D eigenvalue weighted by Gasteiger charge is 2.20. The van der Waals surface area contributed by atoms with Crippen LogP contribution < -0.4 is 10.6 Å². The number of benzene rings is 1. The molecule has 1 aromatic rings.